The predicted octanol–water partition coefficient (Wildman–Crippen LogP) is 2.34. The van der Waals surface area contributed by atoms with Gasteiger partial charge in [-0.15, -0.1) is 0 Å². The molecule has 1 aromatic heterocycles. The Hall–Kier alpha value is -1.69. The average Bonchev–Trinajstić information content (AvgIpc) is 2.84. The fourth-order valence-electron chi connectivity index (χ4n) is 3.08. The standard InChI is InChI=1S/C18H24N2O3/c1-20(10-14-12-22-8-9-23-13-14)11-15-5-6-17(21-2)18-16(15)4-3-7-19-18/h3-7,14H,8-13H2,1-2H3. The smallest absolute Gasteiger partial charge is 0.145 e. The van der Waals surface area contributed by atoms with Gasteiger partial charge in [0.05, 0.1) is 33.5 Å². The van der Waals surface area contributed by atoms with Crippen molar-refractivity contribution in [2.45, 2.75) is 6.54 Å². The Morgan fingerprint density at radius 1 is 1.22 bits per heavy atom. The molecule has 124 valence electrons. The first-order valence-corrected chi connectivity index (χ1v) is 8.02. The maximum atomic E-state index is 5.58. The van der Waals surface area contributed by atoms with Crippen molar-refractivity contribution in [3.63, 3.8) is 0 Å². The molecule has 0 N–H and O–H groups in total. The molecule has 5 nitrogen and oxygen atoms in total. The van der Waals surface area contributed by atoms with Crippen LogP contribution < -0.4 is 4.74 Å². The van der Waals surface area contributed by atoms with Crippen molar-refractivity contribution >= 4 is 10.9 Å². The first-order valence-electron chi connectivity index (χ1n) is 8.02. The van der Waals surface area contributed by atoms with Gasteiger partial charge in [0.15, 0.2) is 0 Å². The van der Waals surface area contributed by atoms with Gasteiger partial charge in [0.25, 0.3) is 0 Å². The molecule has 0 atom stereocenters. The highest BCUT2D eigenvalue weighted by Gasteiger charge is 2.16. The molecule has 0 spiro atoms. The molecule has 0 aliphatic carbocycles. The molecular weight excluding hydrogens is 292 g/mol. The van der Waals surface area contributed by atoms with E-state index in [1.165, 1.54) is 5.56 Å². The lowest BCUT2D eigenvalue weighted by Gasteiger charge is -2.23. The van der Waals surface area contributed by atoms with Crippen LogP contribution in [-0.4, -0.2) is 57.0 Å². The van der Waals surface area contributed by atoms with E-state index in [9.17, 15) is 0 Å². The van der Waals surface area contributed by atoms with Crippen LogP contribution in [0.25, 0.3) is 10.9 Å². The largest absolute Gasteiger partial charge is 0.494 e. The molecule has 0 radical (unpaired) electrons. The van der Waals surface area contributed by atoms with Crippen LogP contribution in [0.1, 0.15) is 5.56 Å². The van der Waals surface area contributed by atoms with E-state index in [1.807, 2.05) is 12.1 Å². The molecule has 1 saturated heterocycles. The first-order chi connectivity index (χ1) is 11.3. The van der Waals surface area contributed by atoms with Crippen LogP contribution in [0.2, 0.25) is 0 Å². The Morgan fingerprint density at radius 3 is 2.74 bits per heavy atom. The normalized spacial score (nSPS) is 16.7. The summed E-state index contributed by atoms with van der Waals surface area (Å²) < 4.78 is 16.6. The van der Waals surface area contributed by atoms with Crippen LogP contribution in [0.15, 0.2) is 30.5 Å². The van der Waals surface area contributed by atoms with Gasteiger partial charge in [-0.25, -0.2) is 0 Å². The minimum atomic E-state index is 0.421. The topological polar surface area (TPSA) is 43.8 Å². The van der Waals surface area contributed by atoms with E-state index in [0.717, 1.165) is 43.0 Å². The van der Waals surface area contributed by atoms with Crippen LogP contribution >= 0.6 is 0 Å². The van der Waals surface area contributed by atoms with E-state index in [-0.39, 0.29) is 0 Å². The van der Waals surface area contributed by atoms with Crippen LogP contribution in [0.3, 0.4) is 0 Å². The monoisotopic (exact) mass is 316 g/mol. The third-order valence-electron chi connectivity index (χ3n) is 4.13. The van der Waals surface area contributed by atoms with Gasteiger partial charge in [-0.1, -0.05) is 12.1 Å². The van der Waals surface area contributed by atoms with Gasteiger partial charge >= 0.3 is 0 Å². The zero-order chi connectivity index (χ0) is 16.1. The summed E-state index contributed by atoms with van der Waals surface area (Å²) in [5, 5.41) is 1.15. The van der Waals surface area contributed by atoms with Gasteiger partial charge < -0.3 is 19.1 Å². The summed E-state index contributed by atoms with van der Waals surface area (Å²) in [4.78, 5) is 6.78. The van der Waals surface area contributed by atoms with Crippen LogP contribution in [0.4, 0.5) is 0 Å². The summed E-state index contributed by atoms with van der Waals surface area (Å²) >= 11 is 0. The molecule has 1 aromatic carbocycles. The number of fused-ring (bicyclic) bond motifs is 1. The summed E-state index contributed by atoms with van der Waals surface area (Å²) in [5.41, 5.74) is 2.17. The molecule has 5 heteroatoms. The van der Waals surface area contributed by atoms with Crippen molar-refractivity contribution in [3.8, 4) is 5.75 Å². The number of hydrogen-bond donors (Lipinski definition) is 0. The maximum Gasteiger partial charge on any atom is 0.145 e. The number of rotatable bonds is 5. The third kappa shape index (κ3) is 3.99. The second-order valence-electron chi connectivity index (χ2n) is 6.04. The lowest BCUT2D eigenvalue weighted by molar-refractivity contribution is 0.103. The van der Waals surface area contributed by atoms with Gasteiger partial charge in [0.2, 0.25) is 0 Å². The highest BCUT2D eigenvalue weighted by molar-refractivity contribution is 5.87. The van der Waals surface area contributed by atoms with Crippen LogP contribution in [0.5, 0.6) is 5.75 Å². The van der Waals surface area contributed by atoms with Crippen LogP contribution in [-0.2, 0) is 16.0 Å². The molecule has 2 aromatic rings. The van der Waals surface area contributed by atoms with Crippen molar-refractivity contribution in [2.24, 2.45) is 5.92 Å². The SMILES string of the molecule is COc1ccc(CN(C)CC2COCCOC2)c2cccnc12. The predicted molar refractivity (Wildman–Crippen MR) is 89.8 cm³/mol. The summed E-state index contributed by atoms with van der Waals surface area (Å²) in [7, 11) is 3.82. The molecule has 23 heavy (non-hydrogen) atoms. The van der Waals surface area contributed by atoms with E-state index >= 15 is 0 Å². The second-order valence-corrected chi connectivity index (χ2v) is 6.04. The number of nitrogens with zero attached hydrogens (tertiary/aromatic N) is 2. The van der Waals surface area contributed by atoms with Gasteiger partial charge in [-0.2, -0.15) is 0 Å². The molecule has 0 saturated carbocycles. The molecule has 1 aliphatic heterocycles. The molecule has 2 heterocycles. The Balaban J connectivity index is 1.73. The van der Waals surface area contributed by atoms with Crippen molar-refractivity contribution < 1.29 is 14.2 Å². The van der Waals surface area contributed by atoms with E-state index in [1.54, 1.807) is 13.3 Å². The quantitative estimate of drug-likeness (QED) is 0.847. The fraction of sp³-hybridized carbons (Fsp3) is 0.500. The zero-order valence-corrected chi connectivity index (χ0v) is 13.8. The summed E-state index contributed by atoms with van der Waals surface area (Å²) in [5.74, 6) is 1.24. The van der Waals surface area contributed by atoms with Crippen molar-refractivity contribution in [1.29, 1.82) is 0 Å². The molecule has 1 fully saturated rings. The van der Waals surface area contributed by atoms with E-state index in [0.29, 0.717) is 19.1 Å². The summed E-state index contributed by atoms with van der Waals surface area (Å²) in [6.45, 7) is 4.77. The van der Waals surface area contributed by atoms with E-state index < -0.39 is 0 Å². The Labute approximate surface area is 137 Å². The molecule has 0 amide bonds. The number of benzene rings is 1. The highest BCUT2D eigenvalue weighted by atomic mass is 16.5. The number of aromatic nitrogens is 1. The number of pyridine rings is 1. The van der Waals surface area contributed by atoms with E-state index in [4.69, 9.17) is 14.2 Å². The van der Waals surface area contributed by atoms with Gasteiger partial charge in [0, 0.05) is 30.6 Å². The zero-order valence-electron chi connectivity index (χ0n) is 13.8. The van der Waals surface area contributed by atoms with Gasteiger partial charge in [-0.3, -0.25) is 4.98 Å². The Bertz CT molecular complexity index is 639. The first kappa shape index (κ1) is 16.2. The van der Waals surface area contributed by atoms with Gasteiger partial charge in [0.1, 0.15) is 11.3 Å². The summed E-state index contributed by atoms with van der Waals surface area (Å²) in [6.07, 6.45) is 1.80. The van der Waals surface area contributed by atoms with Gasteiger partial charge in [-0.05, 0) is 24.7 Å². The number of hydrogen-bond acceptors (Lipinski definition) is 5. The molecule has 1 aliphatic rings. The fourth-order valence-corrected chi connectivity index (χ4v) is 3.08. The van der Waals surface area contributed by atoms with Crippen molar-refractivity contribution in [1.82, 2.24) is 9.88 Å². The van der Waals surface area contributed by atoms with E-state index in [2.05, 4.69) is 29.1 Å². The third-order valence-corrected chi connectivity index (χ3v) is 4.13. The number of methoxy groups -OCH3 is 1. The summed E-state index contributed by atoms with van der Waals surface area (Å²) in [6, 6.07) is 8.19. The number of ether oxygens (including phenoxy) is 3. The highest BCUT2D eigenvalue weighted by Crippen LogP contribution is 2.27. The minimum absolute atomic E-state index is 0.421. The Kier molecular flexibility index (Phi) is 5.43. The maximum absolute atomic E-state index is 5.58. The van der Waals surface area contributed by atoms with Crippen molar-refractivity contribution in [3.05, 3.63) is 36.0 Å². The lowest BCUT2D eigenvalue weighted by Crippen LogP contribution is -2.29. The molecule has 0 bridgehead atoms. The second kappa shape index (κ2) is 7.73. The average molecular weight is 316 g/mol. The lowest BCUT2D eigenvalue weighted by atomic mass is 10.1. The minimum Gasteiger partial charge on any atom is -0.494 e. The molecular formula is C18H24N2O3. The molecule has 3 rings (SSSR count). The molecule has 0 unspecified atom stereocenters. The Morgan fingerprint density at radius 2 is 2.00 bits per heavy atom. The van der Waals surface area contributed by atoms with Crippen molar-refractivity contribution in [2.75, 3.05) is 47.1 Å². The van der Waals surface area contributed by atoms with Crippen LogP contribution in [0, 0.1) is 5.92 Å².